The molecular formula is C22H26N2O4S. The SMILES string of the molecule is C=CCOc1ccc(C2C(C(=O)OC(C)C)=C(C)N=C3SC(CC)C(=O)N32)cc1. The molecule has 154 valence electrons. The first-order chi connectivity index (χ1) is 13.9. The lowest BCUT2D eigenvalue weighted by Gasteiger charge is -2.33. The molecule has 0 spiro atoms. The average Bonchev–Trinajstić information content (AvgIpc) is 3.00. The summed E-state index contributed by atoms with van der Waals surface area (Å²) in [6.45, 7) is 11.4. The summed E-state index contributed by atoms with van der Waals surface area (Å²) in [5.74, 6) is 0.213. The standard InChI is InChI=1S/C22H26N2O4S/c1-6-12-27-16-10-8-15(9-11-16)19-18(21(26)28-13(3)4)14(5)23-22-24(19)20(25)17(7-2)29-22/h6,8-11,13,17,19H,1,7,12H2,2-5H3. The van der Waals surface area contributed by atoms with E-state index in [1.54, 1.807) is 31.7 Å². The number of hydrogen-bond donors (Lipinski definition) is 0. The highest BCUT2D eigenvalue weighted by atomic mass is 32.2. The third kappa shape index (κ3) is 4.24. The van der Waals surface area contributed by atoms with Crippen LogP contribution in [0.15, 0.2) is 53.2 Å². The molecule has 0 bridgehead atoms. The summed E-state index contributed by atoms with van der Waals surface area (Å²) in [5.41, 5.74) is 1.79. The van der Waals surface area contributed by atoms with E-state index in [0.29, 0.717) is 35.2 Å². The first kappa shape index (κ1) is 21.2. The van der Waals surface area contributed by atoms with Crippen molar-refractivity contribution >= 4 is 28.8 Å². The number of fused-ring (bicyclic) bond motifs is 1. The first-order valence-corrected chi connectivity index (χ1v) is 10.6. The van der Waals surface area contributed by atoms with Crippen molar-refractivity contribution in [1.29, 1.82) is 0 Å². The molecule has 2 aliphatic heterocycles. The van der Waals surface area contributed by atoms with Crippen molar-refractivity contribution in [3.8, 4) is 5.75 Å². The molecule has 1 aromatic carbocycles. The van der Waals surface area contributed by atoms with Gasteiger partial charge in [-0.3, -0.25) is 9.69 Å². The van der Waals surface area contributed by atoms with Gasteiger partial charge in [0.05, 0.1) is 28.7 Å². The highest BCUT2D eigenvalue weighted by Crippen LogP contribution is 2.44. The molecule has 1 amide bonds. The van der Waals surface area contributed by atoms with Crippen LogP contribution in [0.3, 0.4) is 0 Å². The largest absolute Gasteiger partial charge is 0.490 e. The van der Waals surface area contributed by atoms with E-state index in [1.807, 2.05) is 31.2 Å². The van der Waals surface area contributed by atoms with Gasteiger partial charge in [-0.05, 0) is 44.9 Å². The van der Waals surface area contributed by atoms with E-state index >= 15 is 0 Å². The molecule has 2 heterocycles. The lowest BCUT2D eigenvalue weighted by Crippen LogP contribution is -2.41. The molecule has 2 unspecified atom stereocenters. The minimum absolute atomic E-state index is 0.0319. The van der Waals surface area contributed by atoms with Crippen LogP contribution < -0.4 is 4.74 Å². The van der Waals surface area contributed by atoms with Crippen LogP contribution in [-0.4, -0.2) is 39.9 Å². The summed E-state index contributed by atoms with van der Waals surface area (Å²) < 4.78 is 11.0. The van der Waals surface area contributed by atoms with Gasteiger partial charge in [0.25, 0.3) is 0 Å². The Hall–Kier alpha value is -2.54. The Labute approximate surface area is 175 Å². The topological polar surface area (TPSA) is 68.2 Å². The molecule has 1 aromatic rings. The number of carbonyl (C=O) groups is 2. The third-order valence-electron chi connectivity index (χ3n) is 4.65. The lowest BCUT2D eigenvalue weighted by atomic mass is 9.94. The zero-order valence-corrected chi connectivity index (χ0v) is 18.0. The van der Waals surface area contributed by atoms with Crippen molar-refractivity contribution in [2.45, 2.75) is 51.5 Å². The van der Waals surface area contributed by atoms with Gasteiger partial charge in [0, 0.05) is 0 Å². The number of esters is 1. The van der Waals surface area contributed by atoms with Crippen LogP contribution >= 0.6 is 11.8 Å². The van der Waals surface area contributed by atoms with Gasteiger partial charge in [0.1, 0.15) is 12.4 Å². The van der Waals surface area contributed by atoms with Gasteiger partial charge in [0.2, 0.25) is 5.91 Å². The Morgan fingerprint density at radius 3 is 2.62 bits per heavy atom. The molecule has 3 rings (SSSR count). The van der Waals surface area contributed by atoms with Crippen molar-refractivity contribution in [2.75, 3.05) is 6.61 Å². The Balaban J connectivity index is 2.04. The van der Waals surface area contributed by atoms with Gasteiger partial charge in [-0.1, -0.05) is 43.5 Å². The number of benzene rings is 1. The quantitative estimate of drug-likeness (QED) is 0.493. The van der Waals surface area contributed by atoms with Crippen molar-refractivity contribution in [1.82, 2.24) is 4.90 Å². The van der Waals surface area contributed by atoms with E-state index in [1.165, 1.54) is 11.8 Å². The number of ether oxygens (including phenoxy) is 2. The smallest absolute Gasteiger partial charge is 0.338 e. The number of allylic oxidation sites excluding steroid dienone is 1. The summed E-state index contributed by atoms with van der Waals surface area (Å²) in [5, 5.41) is 0.442. The highest BCUT2D eigenvalue weighted by molar-refractivity contribution is 8.15. The van der Waals surface area contributed by atoms with Gasteiger partial charge in [-0.25, -0.2) is 9.79 Å². The Morgan fingerprint density at radius 1 is 1.34 bits per heavy atom. The van der Waals surface area contributed by atoms with Crippen LogP contribution in [0.5, 0.6) is 5.75 Å². The van der Waals surface area contributed by atoms with Crippen LogP contribution in [0, 0.1) is 0 Å². The Bertz CT molecular complexity index is 873. The zero-order chi connectivity index (χ0) is 21.1. The van der Waals surface area contributed by atoms with Crippen LogP contribution in [0.25, 0.3) is 0 Å². The van der Waals surface area contributed by atoms with E-state index in [-0.39, 0.29) is 17.3 Å². The van der Waals surface area contributed by atoms with Gasteiger partial charge >= 0.3 is 5.97 Å². The molecule has 6 nitrogen and oxygen atoms in total. The average molecular weight is 415 g/mol. The predicted octanol–water partition coefficient (Wildman–Crippen LogP) is 4.24. The number of thioether (sulfide) groups is 1. The zero-order valence-electron chi connectivity index (χ0n) is 17.2. The van der Waals surface area contributed by atoms with Crippen molar-refractivity contribution in [3.63, 3.8) is 0 Å². The summed E-state index contributed by atoms with van der Waals surface area (Å²) in [4.78, 5) is 32.2. The third-order valence-corrected chi connectivity index (χ3v) is 5.97. The van der Waals surface area contributed by atoms with E-state index in [2.05, 4.69) is 11.6 Å². The maximum atomic E-state index is 13.1. The van der Waals surface area contributed by atoms with Crippen LogP contribution in [0.1, 0.15) is 45.7 Å². The summed E-state index contributed by atoms with van der Waals surface area (Å²) in [6.07, 6.45) is 2.11. The summed E-state index contributed by atoms with van der Waals surface area (Å²) in [6, 6.07) is 6.84. The molecule has 0 N–H and O–H groups in total. The molecule has 2 atom stereocenters. The van der Waals surface area contributed by atoms with Gasteiger partial charge < -0.3 is 9.47 Å². The van der Waals surface area contributed by atoms with Crippen LogP contribution in [0.2, 0.25) is 0 Å². The Kier molecular flexibility index (Phi) is 6.47. The second-order valence-corrected chi connectivity index (χ2v) is 8.31. The summed E-state index contributed by atoms with van der Waals surface area (Å²) in [7, 11) is 0. The molecule has 2 aliphatic rings. The normalized spacial score (nSPS) is 21.2. The van der Waals surface area contributed by atoms with E-state index < -0.39 is 12.0 Å². The number of amides is 1. The van der Waals surface area contributed by atoms with Crippen LogP contribution in [-0.2, 0) is 14.3 Å². The number of amidine groups is 1. The Morgan fingerprint density at radius 2 is 2.03 bits per heavy atom. The number of hydrogen-bond acceptors (Lipinski definition) is 6. The minimum atomic E-state index is -0.571. The van der Waals surface area contributed by atoms with Gasteiger partial charge in [-0.2, -0.15) is 0 Å². The molecular weight excluding hydrogens is 388 g/mol. The molecule has 1 saturated heterocycles. The highest BCUT2D eigenvalue weighted by Gasteiger charge is 2.47. The van der Waals surface area contributed by atoms with E-state index in [4.69, 9.17) is 9.47 Å². The minimum Gasteiger partial charge on any atom is -0.490 e. The lowest BCUT2D eigenvalue weighted by molar-refractivity contribution is -0.143. The van der Waals surface area contributed by atoms with Gasteiger partial charge in [0.15, 0.2) is 5.17 Å². The molecule has 29 heavy (non-hydrogen) atoms. The number of aliphatic imine (C=N–C) groups is 1. The van der Waals surface area contributed by atoms with E-state index in [9.17, 15) is 9.59 Å². The molecule has 0 aliphatic carbocycles. The maximum absolute atomic E-state index is 13.1. The molecule has 7 heteroatoms. The molecule has 0 saturated carbocycles. The second kappa shape index (κ2) is 8.86. The van der Waals surface area contributed by atoms with E-state index in [0.717, 1.165) is 5.56 Å². The predicted molar refractivity (Wildman–Crippen MR) is 115 cm³/mol. The van der Waals surface area contributed by atoms with Gasteiger partial charge in [-0.15, -0.1) is 0 Å². The monoisotopic (exact) mass is 414 g/mol. The molecule has 0 radical (unpaired) electrons. The second-order valence-electron chi connectivity index (χ2n) is 7.14. The summed E-state index contributed by atoms with van der Waals surface area (Å²) >= 11 is 1.45. The number of carbonyl (C=O) groups excluding carboxylic acids is 2. The number of nitrogens with zero attached hydrogens (tertiary/aromatic N) is 2. The molecule has 1 fully saturated rings. The fraction of sp³-hybridized carbons (Fsp3) is 0.409. The van der Waals surface area contributed by atoms with Crippen molar-refractivity contribution in [3.05, 3.63) is 53.8 Å². The van der Waals surface area contributed by atoms with Crippen LogP contribution in [0.4, 0.5) is 0 Å². The molecule has 0 aromatic heterocycles. The first-order valence-electron chi connectivity index (χ1n) is 9.71. The van der Waals surface area contributed by atoms with Crippen molar-refractivity contribution in [2.24, 2.45) is 4.99 Å². The number of rotatable bonds is 7. The van der Waals surface area contributed by atoms with Crippen molar-refractivity contribution < 1.29 is 19.1 Å². The maximum Gasteiger partial charge on any atom is 0.338 e. The fourth-order valence-corrected chi connectivity index (χ4v) is 4.48. The fourth-order valence-electron chi connectivity index (χ4n) is 3.34.